The molecule has 2 aromatic carbocycles. The molecule has 27 heavy (non-hydrogen) atoms. The van der Waals surface area contributed by atoms with E-state index in [-0.39, 0.29) is 12.5 Å². The molecule has 1 amide bonds. The van der Waals surface area contributed by atoms with Gasteiger partial charge >= 0.3 is 0 Å². The van der Waals surface area contributed by atoms with Gasteiger partial charge in [-0.2, -0.15) is 4.80 Å². The number of hydrogen-bond donors (Lipinski definition) is 0. The molecule has 0 spiro atoms. The number of rotatable bonds is 5. The Balaban J connectivity index is 1.29. The zero-order valence-electron chi connectivity index (χ0n) is 15.1. The Hall–Kier alpha value is -3.06. The largest absolute Gasteiger partial charge is 0.338 e. The fourth-order valence-corrected chi connectivity index (χ4v) is 3.23. The minimum Gasteiger partial charge on any atom is -0.338 e. The predicted molar refractivity (Wildman–Crippen MR) is 102 cm³/mol. The highest BCUT2D eigenvalue weighted by Crippen LogP contribution is 2.12. The van der Waals surface area contributed by atoms with Gasteiger partial charge in [-0.25, -0.2) is 0 Å². The Labute approximate surface area is 158 Å². The van der Waals surface area contributed by atoms with E-state index < -0.39 is 0 Å². The number of carbonyl (C=O) groups excluding carboxylic acids is 1. The number of aromatic nitrogens is 4. The molecular formula is C20H22N6O. The van der Waals surface area contributed by atoms with E-state index >= 15 is 0 Å². The van der Waals surface area contributed by atoms with Gasteiger partial charge in [0, 0.05) is 38.3 Å². The van der Waals surface area contributed by atoms with Crippen molar-refractivity contribution in [2.75, 3.05) is 26.2 Å². The second kappa shape index (κ2) is 8.09. The quantitative estimate of drug-likeness (QED) is 0.691. The van der Waals surface area contributed by atoms with Crippen LogP contribution in [0.2, 0.25) is 0 Å². The van der Waals surface area contributed by atoms with Crippen molar-refractivity contribution in [3.63, 3.8) is 0 Å². The fourth-order valence-electron chi connectivity index (χ4n) is 3.23. The third kappa shape index (κ3) is 4.38. The number of piperazine rings is 1. The maximum atomic E-state index is 12.6. The summed E-state index contributed by atoms with van der Waals surface area (Å²) in [5, 5.41) is 12.4. The number of hydrogen-bond acceptors (Lipinski definition) is 5. The van der Waals surface area contributed by atoms with Crippen molar-refractivity contribution in [1.82, 2.24) is 30.0 Å². The second-order valence-corrected chi connectivity index (χ2v) is 6.65. The summed E-state index contributed by atoms with van der Waals surface area (Å²) in [4.78, 5) is 18.2. The van der Waals surface area contributed by atoms with Gasteiger partial charge in [0.1, 0.15) is 6.54 Å². The molecule has 0 atom stereocenters. The summed E-state index contributed by atoms with van der Waals surface area (Å²) < 4.78 is 0. The molecule has 0 unspecified atom stereocenters. The van der Waals surface area contributed by atoms with Crippen LogP contribution in [0.3, 0.4) is 0 Å². The Kier molecular flexibility index (Phi) is 5.20. The van der Waals surface area contributed by atoms with Gasteiger partial charge in [0.2, 0.25) is 11.7 Å². The van der Waals surface area contributed by atoms with Gasteiger partial charge in [0.15, 0.2) is 0 Å². The molecule has 3 aromatic rings. The molecule has 7 heteroatoms. The fraction of sp³-hybridized carbons (Fsp3) is 0.300. The van der Waals surface area contributed by atoms with Crippen molar-refractivity contribution in [2.45, 2.75) is 13.1 Å². The first-order valence-corrected chi connectivity index (χ1v) is 9.15. The number of nitrogens with zero attached hydrogens (tertiary/aromatic N) is 6. The lowest BCUT2D eigenvalue weighted by atomic mass is 10.2. The Morgan fingerprint density at radius 2 is 1.56 bits per heavy atom. The number of benzene rings is 2. The van der Waals surface area contributed by atoms with Crippen molar-refractivity contribution in [3.05, 3.63) is 66.2 Å². The molecule has 0 radical (unpaired) electrons. The van der Waals surface area contributed by atoms with Gasteiger partial charge in [-0.1, -0.05) is 60.7 Å². The molecule has 0 bridgehead atoms. The van der Waals surface area contributed by atoms with Crippen molar-refractivity contribution in [1.29, 1.82) is 0 Å². The Bertz CT molecular complexity index is 872. The summed E-state index contributed by atoms with van der Waals surface area (Å²) in [6, 6.07) is 20.1. The van der Waals surface area contributed by atoms with E-state index in [1.807, 2.05) is 41.3 Å². The van der Waals surface area contributed by atoms with Crippen LogP contribution in [0.25, 0.3) is 11.4 Å². The molecule has 0 aliphatic carbocycles. The van der Waals surface area contributed by atoms with Crippen molar-refractivity contribution in [2.24, 2.45) is 0 Å². The summed E-state index contributed by atoms with van der Waals surface area (Å²) in [6.45, 7) is 4.26. The lowest BCUT2D eigenvalue weighted by molar-refractivity contribution is -0.134. The van der Waals surface area contributed by atoms with Crippen LogP contribution in [0, 0.1) is 0 Å². The molecule has 1 aliphatic rings. The van der Waals surface area contributed by atoms with Crippen LogP contribution in [-0.2, 0) is 17.9 Å². The van der Waals surface area contributed by atoms with Crippen LogP contribution in [0.1, 0.15) is 5.56 Å². The number of amides is 1. The third-order valence-corrected chi connectivity index (χ3v) is 4.74. The van der Waals surface area contributed by atoms with Gasteiger partial charge in [0.05, 0.1) is 0 Å². The highest BCUT2D eigenvalue weighted by atomic mass is 16.2. The minimum absolute atomic E-state index is 0.0337. The number of tetrazole rings is 1. The molecule has 0 N–H and O–H groups in total. The van der Waals surface area contributed by atoms with Gasteiger partial charge in [-0.3, -0.25) is 9.69 Å². The van der Waals surface area contributed by atoms with E-state index in [1.54, 1.807) is 0 Å². The zero-order valence-corrected chi connectivity index (χ0v) is 15.1. The number of carbonyl (C=O) groups is 1. The van der Waals surface area contributed by atoms with Gasteiger partial charge < -0.3 is 4.90 Å². The molecular weight excluding hydrogens is 340 g/mol. The average Bonchev–Trinajstić information content (AvgIpc) is 3.18. The maximum absolute atomic E-state index is 12.6. The Morgan fingerprint density at radius 3 is 2.26 bits per heavy atom. The lowest BCUT2D eigenvalue weighted by Gasteiger charge is -2.34. The molecule has 4 rings (SSSR count). The summed E-state index contributed by atoms with van der Waals surface area (Å²) in [5.41, 5.74) is 2.20. The van der Waals surface area contributed by atoms with Crippen molar-refractivity contribution >= 4 is 5.91 Å². The first-order chi connectivity index (χ1) is 13.3. The maximum Gasteiger partial charge on any atom is 0.246 e. The molecule has 0 saturated carbocycles. The summed E-state index contributed by atoms with van der Waals surface area (Å²) >= 11 is 0. The zero-order chi connectivity index (χ0) is 18.5. The van der Waals surface area contributed by atoms with Gasteiger partial charge in [-0.05, 0) is 10.8 Å². The van der Waals surface area contributed by atoms with E-state index in [4.69, 9.17) is 0 Å². The SMILES string of the molecule is O=C(Cn1nnc(-c2ccccc2)n1)N1CCN(Cc2ccccc2)CC1. The van der Waals surface area contributed by atoms with E-state index in [1.165, 1.54) is 10.4 Å². The van der Waals surface area contributed by atoms with Crippen molar-refractivity contribution in [3.8, 4) is 11.4 Å². The van der Waals surface area contributed by atoms with E-state index in [0.717, 1.165) is 38.3 Å². The highest BCUT2D eigenvalue weighted by Gasteiger charge is 2.22. The van der Waals surface area contributed by atoms with Crippen LogP contribution < -0.4 is 0 Å². The molecule has 1 fully saturated rings. The van der Waals surface area contributed by atoms with E-state index in [2.05, 4.69) is 44.6 Å². The van der Waals surface area contributed by atoms with Crippen LogP contribution in [-0.4, -0.2) is 62.1 Å². The third-order valence-electron chi connectivity index (χ3n) is 4.74. The minimum atomic E-state index is 0.0337. The molecule has 1 aromatic heterocycles. The summed E-state index contributed by atoms with van der Waals surface area (Å²) in [5.74, 6) is 0.572. The van der Waals surface area contributed by atoms with Crippen LogP contribution in [0.15, 0.2) is 60.7 Å². The van der Waals surface area contributed by atoms with E-state index in [9.17, 15) is 4.79 Å². The molecule has 2 heterocycles. The molecule has 7 nitrogen and oxygen atoms in total. The van der Waals surface area contributed by atoms with Crippen LogP contribution in [0.5, 0.6) is 0 Å². The average molecular weight is 362 g/mol. The Morgan fingerprint density at radius 1 is 0.889 bits per heavy atom. The smallest absolute Gasteiger partial charge is 0.246 e. The summed E-state index contributed by atoms with van der Waals surface area (Å²) in [6.07, 6.45) is 0. The molecule has 1 aliphatic heterocycles. The molecule has 1 saturated heterocycles. The predicted octanol–water partition coefficient (Wildman–Crippen LogP) is 1.68. The normalized spacial score (nSPS) is 15.0. The monoisotopic (exact) mass is 362 g/mol. The lowest BCUT2D eigenvalue weighted by Crippen LogP contribution is -2.49. The second-order valence-electron chi connectivity index (χ2n) is 6.65. The van der Waals surface area contributed by atoms with E-state index in [0.29, 0.717) is 5.82 Å². The van der Waals surface area contributed by atoms with Crippen LogP contribution >= 0.6 is 0 Å². The van der Waals surface area contributed by atoms with Crippen LogP contribution in [0.4, 0.5) is 0 Å². The van der Waals surface area contributed by atoms with Crippen molar-refractivity contribution < 1.29 is 4.79 Å². The first-order valence-electron chi connectivity index (χ1n) is 9.15. The molecule has 138 valence electrons. The first kappa shape index (κ1) is 17.4. The topological polar surface area (TPSA) is 67.2 Å². The summed E-state index contributed by atoms with van der Waals surface area (Å²) in [7, 11) is 0. The van der Waals surface area contributed by atoms with Gasteiger partial charge in [0.25, 0.3) is 0 Å². The highest BCUT2D eigenvalue weighted by molar-refractivity contribution is 5.76. The van der Waals surface area contributed by atoms with Gasteiger partial charge in [-0.15, -0.1) is 10.2 Å². The standard InChI is InChI=1S/C20H22N6O/c27-19(16-26-22-20(21-23-26)18-9-5-2-6-10-18)25-13-11-24(12-14-25)15-17-7-3-1-4-8-17/h1-10H,11-16H2.